The summed E-state index contributed by atoms with van der Waals surface area (Å²) >= 11 is 7.12. The number of hydrogen-bond donors (Lipinski definition) is 0. The molecule has 0 bridgehead atoms. The summed E-state index contributed by atoms with van der Waals surface area (Å²) in [6.07, 6.45) is 1.58. The smallest absolute Gasteiger partial charge is 0.269 e. The van der Waals surface area contributed by atoms with Gasteiger partial charge in [0.1, 0.15) is 11.6 Å². The van der Waals surface area contributed by atoms with Gasteiger partial charge in [-0.05, 0) is 42.0 Å². The van der Waals surface area contributed by atoms with Gasteiger partial charge in [-0.2, -0.15) is 0 Å². The Balaban J connectivity index is 1.82. The molecule has 0 aliphatic carbocycles. The molecule has 0 N–H and O–H groups in total. The standard InChI is InChI=1S/C20H13ClFN3O3S/c21-17-8-5-14(10-18(17)22)23-20-24(11-16-2-1-9-28-16)19(12-29-20)13-3-6-15(7-4-13)25(26)27/h1-10,12H,11H2. The minimum absolute atomic E-state index is 0.0168. The van der Waals surface area contributed by atoms with Crippen LogP contribution in [0.1, 0.15) is 5.76 Å². The van der Waals surface area contributed by atoms with Gasteiger partial charge in [-0.25, -0.2) is 9.38 Å². The summed E-state index contributed by atoms with van der Waals surface area (Å²) in [5.74, 6) is 0.174. The third kappa shape index (κ3) is 4.13. The molecule has 4 aromatic rings. The number of nitro benzene ring substituents is 1. The van der Waals surface area contributed by atoms with Crippen LogP contribution in [0.15, 0.2) is 75.7 Å². The second kappa shape index (κ2) is 8.02. The normalized spacial score (nSPS) is 11.7. The van der Waals surface area contributed by atoms with E-state index in [4.69, 9.17) is 16.0 Å². The maximum absolute atomic E-state index is 13.8. The van der Waals surface area contributed by atoms with Crippen molar-refractivity contribution < 1.29 is 13.7 Å². The molecule has 0 saturated carbocycles. The fourth-order valence-electron chi connectivity index (χ4n) is 2.78. The largest absolute Gasteiger partial charge is 0.467 e. The van der Waals surface area contributed by atoms with Gasteiger partial charge in [0, 0.05) is 23.6 Å². The molecule has 2 aromatic heterocycles. The van der Waals surface area contributed by atoms with Crippen LogP contribution in [-0.2, 0) is 6.54 Å². The van der Waals surface area contributed by atoms with Crippen molar-refractivity contribution in [1.82, 2.24) is 4.57 Å². The first-order valence-electron chi connectivity index (χ1n) is 8.46. The SMILES string of the molecule is O=[N+]([O-])c1ccc(-c2csc(=Nc3ccc(Cl)c(F)c3)n2Cc2ccco2)cc1. The Hall–Kier alpha value is -3.23. The molecule has 0 amide bonds. The van der Waals surface area contributed by atoms with Gasteiger partial charge in [0.2, 0.25) is 0 Å². The van der Waals surface area contributed by atoms with Crippen molar-refractivity contribution in [2.24, 2.45) is 4.99 Å². The fourth-order valence-corrected chi connectivity index (χ4v) is 3.83. The van der Waals surface area contributed by atoms with E-state index in [0.29, 0.717) is 17.0 Å². The zero-order valence-electron chi connectivity index (χ0n) is 14.8. The molecule has 0 spiro atoms. The monoisotopic (exact) mass is 429 g/mol. The van der Waals surface area contributed by atoms with Crippen molar-refractivity contribution in [2.75, 3.05) is 0 Å². The van der Waals surface area contributed by atoms with Gasteiger partial charge in [0.05, 0.1) is 34.1 Å². The van der Waals surface area contributed by atoms with Crippen LogP contribution in [-0.4, -0.2) is 9.49 Å². The lowest BCUT2D eigenvalue weighted by atomic mass is 10.1. The zero-order chi connectivity index (χ0) is 20.4. The Morgan fingerprint density at radius 2 is 2.00 bits per heavy atom. The van der Waals surface area contributed by atoms with Crippen molar-refractivity contribution >= 4 is 34.3 Å². The van der Waals surface area contributed by atoms with Crippen molar-refractivity contribution in [2.45, 2.75) is 6.54 Å². The number of non-ortho nitro benzene ring substituents is 1. The van der Waals surface area contributed by atoms with E-state index in [1.165, 1.54) is 35.6 Å². The second-order valence-corrected chi connectivity index (χ2v) is 7.33. The van der Waals surface area contributed by atoms with E-state index in [0.717, 1.165) is 17.0 Å². The van der Waals surface area contributed by atoms with Crippen molar-refractivity contribution in [3.63, 3.8) is 0 Å². The Morgan fingerprint density at radius 1 is 1.21 bits per heavy atom. The average molecular weight is 430 g/mol. The molecule has 0 aliphatic rings. The van der Waals surface area contributed by atoms with Crippen LogP contribution >= 0.6 is 22.9 Å². The summed E-state index contributed by atoms with van der Waals surface area (Å²) in [6, 6.07) is 14.3. The van der Waals surface area contributed by atoms with Crippen LogP contribution in [0.2, 0.25) is 5.02 Å². The molecule has 146 valence electrons. The number of furan rings is 1. The van der Waals surface area contributed by atoms with Crippen LogP contribution in [0.4, 0.5) is 15.8 Å². The van der Waals surface area contributed by atoms with Crippen LogP contribution in [0.5, 0.6) is 0 Å². The van der Waals surface area contributed by atoms with Gasteiger partial charge in [-0.1, -0.05) is 11.6 Å². The van der Waals surface area contributed by atoms with E-state index < -0.39 is 10.7 Å². The third-order valence-electron chi connectivity index (χ3n) is 4.19. The van der Waals surface area contributed by atoms with Crippen molar-refractivity contribution in [1.29, 1.82) is 0 Å². The lowest BCUT2D eigenvalue weighted by Gasteiger charge is -2.08. The predicted octanol–water partition coefficient (Wildman–Crippen LogP) is 5.79. The maximum atomic E-state index is 13.8. The third-order valence-corrected chi connectivity index (χ3v) is 5.36. The molecule has 0 saturated heterocycles. The molecule has 9 heteroatoms. The average Bonchev–Trinajstić information content (AvgIpc) is 3.36. The summed E-state index contributed by atoms with van der Waals surface area (Å²) < 4.78 is 21.2. The first-order valence-corrected chi connectivity index (χ1v) is 9.72. The molecule has 0 unspecified atom stereocenters. The van der Waals surface area contributed by atoms with Gasteiger partial charge in [-0.15, -0.1) is 11.3 Å². The minimum Gasteiger partial charge on any atom is -0.467 e. The first-order chi connectivity index (χ1) is 14.0. The van der Waals surface area contributed by atoms with Gasteiger partial charge >= 0.3 is 0 Å². The molecule has 0 radical (unpaired) electrons. The molecule has 6 nitrogen and oxygen atoms in total. The lowest BCUT2D eigenvalue weighted by molar-refractivity contribution is -0.384. The summed E-state index contributed by atoms with van der Waals surface area (Å²) in [5, 5.41) is 12.9. The number of nitro groups is 1. The van der Waals surface area contributed by atoms with Crippen LogP contribution in [0.25, 0.3) is 11.3 Å². The van der Waals surface area contributed by atoms with E-state index in [2.05, 4.69) is 4.99 Å². The highest BCUT2D eigenvalue weighted by Crippen LogP contribution is 2.25. The predicted molar refractivity (Wildman–Crippen MR) is 109 cm³/mol. The summed E-state index contributed by atoms with van der Waals surface area (Å²) in [6.45, 7) is 0.401. The van der Waals surface area contributed by atoms with E-state index >= 15 is 0 Å². The zero-order valence-corrected chi connectivity index (χ0v) is 16.4. The first kappa shape index (κ1) is 19.1. The number of hydrogen-bond acceptors (Lipinski definition) is 5. The number of halogens is 2. The molecular formula is C20H13ClFN3O3S. The highest BCUT2D eigenvalue weighted by molar-refractivity contribution is 7.07. The summed E-state index contributed by atoms with van der Waals surface area (Å²) in [7, 11) is 0. The highest BCUT2D eigenvalue weighted by atomic mass is 35.5. The number of rotatable bonds is 5. The number of benzene rings is 2. The van der Waals surface area contributed by atoms with Gasteiger partial charge < -0.3 is 8.98 Å². The Labute approximate surface area is 173 Å². The molecule has 2 aromatic carbocycles. The van der Waals surface area contributed by atoms with E-state index in [-0.39, 0.29) is 10.7 Å². The van der Waals surface area contributed by atoms with E-state index in [1.807, 2.05) is 16.0 Å². The molecule has 0 aliphatic heterocycles. The summed E-state index contributed by atoms with van der Waals surface area (Å²) in [5.41, 5.74) is 2.05. The van der Waals surface area contributed by atoms with Crippen molar-refractivity contribution in [3.8, 4) is 11.3 Å². The molecule has 0 atom stereocenters. The maximum Gasteiger partial charge on any atom is 0.269 e. The second-order valence-electron chi connectivity index (χ2n) is 6.08. The van der Waals surface area contributed by atoms with E-state index in [1.54, 1.807) is 30.5 Å². The van der Waals surface area contributed by atoms with E-state index in [9.17, 15) is 14.5 Å². The van der Waals surface area contributed by atoms with Gasteiger partial charge in [0.25, 0.3) is 5.69 Å². The number of aromatic nitrogens is 1. The number of nitrogens with zero attached hydrogens (tertiary/aromatic N) is 3. The molecule has 29 heavy (non-hydrogen) atoms. The van der Waals surface area contributed by atoms with Crippen LogP contribution in [0, 0.1) is 15.9 Å². The van der Waals surface area contributed by atoms with Gasteiger partial charge in [-0.3, -0.25) is 10.1 Å². The van der Waals surface area contributed by atoms with Crippen LogP contribution in [0.3, 0.4) is 0 Å². The van der Waals surface area contributed by atoms with Crippen molar-refractivity contribution in [3.05, 3.63) is 97.8 Å². The highest BCUT2D eigenvalue weighted by Gasteiger charge is 2.12. The number of thiazole rings is 1. The van der Waals surface area contributed by atoms with Gasteiger partial charge in [0.15, 0.2) is 4.80 Å². The Kier molecular flexibility index (Phi) is 5.28. The molecule has 4 rings (SSSR count). The Morgan fingerprint density at radius 3 is 2.66 bits per heavy atom. The minimum atomic E-state index is -0.544. The van der Waals surface area contributed by atoms with Crippen LogP contribution < -0.4 is 4.80 Å². The molecule has 0 fully saturated rings. The fraction of sp³-hybridized carbons (Fsp3) is 0.0500. The molecular weight excluding hydrogens is 417 g/mol. The Bertz CT molecular complexity index is 1230. The summed E-state index contributed by atoms with van der Waals surface area (Å²) in [4.78, 5) is 15.7. The quantitative estimate of drug-likeness (QED) is 0.297. The lowest BCUT2D eigenvalue weighted by Crippen LogP contribution is -2.16. The topological polar surface area (TPSA) is 73.6 Å². The molecule has 2 heterocycles.